The number of hydrogen-bond acceptors (Lipinski definition) is 2. The smallest absolute Gasteiger partial charge is 0.241 e. The summed E-state index contributed by atoms with van der Waals surface area (Å²) in [5.74, 6) is 0.232. The topological polar surface area (TPSA) is 23.6 Å². The fourth-order valence-electron chi connectivity index (χ4n) is 2.71. The average molecular weight is 242 g/mol. The first kappa shape index (κ1) is 11.5. The van der Waals surface area contributed by atoms with Gasteiger partial charge in [-0.25, -0.2) is 0 Å². The Kier molecular flexibility index (Phi) is 3.15. The minimum Gasteiger partial charge on any atom is -0.311 e. The Balaban J connectivity index is 1.69. The number of carbonyl (C=O) groups excluding carboxylic acids is 1. The van der Waals surface area contributed by atoms with E-state index in [1.165, 1.54) is 5.56 Å². The van der Waals surface area contributed by atoms with E-state index in [4.69, 9.17) is 0 Å². The number of para-hydroxylation sites is 1. The lowest BCUT2D eigenvalue weighted by molar-refractivity contribution is -0.119. The number of fused-ring (bicyclic) bond motifs is 1. The molecule has 0 N–H and O–H groups in total. The van der Waals surface area contributed by atoms with E-state index in [0.717, 1.165) is 38.2 Å². The first-order valence-electron chi connectivity index (χ1n) is 6.60. The number of nitrogens with zero attached hydrogens (tertiary/aromatic N) is 2. The zero-order valence-corrected chi connectivity index (χ0v) is 10.5. The van der Waals surface area contributed by atoms with E-state index in [0.29, 0.717) is 6.54 Å². The second kappa shape index (κ2) is 4.94. The van der Waals surface area contributed by atoms with Crippen LogP contribution in [0.2, 0.25) is 0 Å². The van der Waals surface area contributed by atoms with E-state index in [1.807, 2.05) is 17.0 Å². The molecule has 0 spiro atoms. The number of hydrogen-bond donors (Lipinski definition) is 0. The van der Waals surface area contributed by atoms with Crippen LogP contribution in [-0.2, 0) is 11.2 Å². The number of anilines is 1. The van der Waals surface area contributed by atoms with Crippen LogP contribution in [0.3, 0.4) is 0 Å². The third kappa shape index (κ3) is 2.18. The van der Waals surface area contributed by atoms with Crippen LogP contribution < -0.4 is 4.90 Å². The quantitative estimate of drug-likeness (QED) is 0.739. The molecule has 94 valence electrons. The van der Waals surface area contributed by atoms with E-state index in [9.17, 15) is 4.79 Å². The molecule has 0 aromatic heterocycles. The molecule has 0 saturated heterocycles. The second-order valence-corrected chi connectivity index (χ2v) is 4.92. The Morgan fingerprint density at radius 2 is 2.06 bits per heavy atom. The van der Waals surface area contributed by atoms with Crippen LogP contribution in [0, 0.1) is 0 Å². The van der Waals surface area contributed by atoms with Gasteiger partial charge in [0, 0.05) is 25.3 Å². The standard InChI is InChI=1S/C15H18N2O/c18-15(12-16-9-4-1-5-10-16)17-11-8-13-6-2-3-7-14(13)17/h1-4,6-7H,5,8-12H2. The molecular formula is C15H18N2O. The van der Waals surface area contributed by atoms with Gasteiger partial charge in [0.1, 0.15) is 0 Å². The van der Waals surface area contributed by atoms with Crippen molar-refractivity contribution in [3.8, 4) is 0 Å². The van der Waals surface area contributed by atoms with Gasteiger partial charge in [0.2, 0.25) is 5.91 Å². The van der Waals surface area contributed by atoms with Gasteiger partial charge >= 0.3 is 0 Å². The van der Waals surface area contributed by atoms with Crippen molar-refractivity contribution >= 4 is 11.6 Å². The van der Waals surface area contributed by atoms with Crippen molar-refractivity contribution in [2.45, 2.75) is 12.8 Å². The Morgan fingerprint density at radius 1 is 1.17 bits per heavy atom. The van der Waals surface area contributed by atoms with Gasteiger partial charge in [0.05, 0.1) is 6.54 Å². The third-order valence-corrected chi connectivity index (χ3v) is 3.69. The fourth-order valence-corrected chi connectivity index (χ4v) is 2.71. The van der Waals surface area contributed by atoms with Crippen LogP contribution in [0.1, 0.15) is 12.0 Å². The van der Waals surface area contributed by atoms with Gasteiger partial charge in [0.25, 0.3) is 0 Å². The maximum Gasteiger partial charge on any atom is 0.241 e. The maximum atomic E-state index is 12.3. The SMILES string of the molecule is O=C(CN1CC=CCC1)N1CCc2ccccc21. The first-order chi connectivity index (χ1) is 8.84. The molecule has 18 heavy (non-hydrogen) atoms. The van der Waals surface area contributed by atoms with Crippen molar-refractivity contribution in [2.24, 2.45) is 0 Å². The van der Waals surface area contributed by atoms with E-state index in [1.54, 1.807) is 0 Å². The summed E-state index contributed by atoms with van der Waals surface area (Å²) in [7, 11) is 0. The zero-order valence-electron chi connectivity index (χ0n) is 10.5. The summed E-state index contributed by atoms with van der Waals surface area (Å²) in [5, 5.41) is 0. The highest BCUT2D eigenvalue weighted by Crippen LogP contribution is 2.27. The lowest BCUT2D eigenvalue weighted by Gasteiger charge is -2.25. The Hall–Kier alpha value is -1.61. The lowest BCUT2D eigenvalue weighted by Crippen LogP contribution is -2.40. The van der Waals surface area contributed by atoms with Crippen LogP contribution in [0.25, 0.3) is 0 Å². The summed E-state index contributed by atoms with van der Waals surface area (Å²) >= 11 is 0. The van der Waals surface area contributed by atoms with Gasteiger partial charge in [-0.3, -0.25) is 9.69 Å². The summed E-state index contributed by atoms with van der Waals surface area (Å²) in [6.45, 7) is 3.28. The molecule has 0 aliphatic carbocycles. The fraction of sp³-hybridized carbons (Fsp3) is 0.400. The molecule has 1 amide bonds. The minimum atomic E-state index is 0.232. The third-order valence-electron chi connectivity index (χ3n) is 3.69. The average Bonchev–Trinajstić information content (AvgIpc) is 2.84. The number of amides is 1. The summed E-state index contributed by atoms with van der Waals surface area (Å²) < 4.78 is 0. The van der Waals surface area contributed by atoms with E-state index in [-0.39, 0.29) is 5.91 Å². The van der Waals surface area contributed by atoms with Crippen molar-refractivity contribution < 1.29 is 4.79 Å². The zero-order chi connectivity index (χ0) is 12.4. The second-order valence-electron chi connectivity index (χ2n) is 4.92. The molecule has 3 heteroatoms. The Labute approximate surface area is 108 Å². The molecule has 1 aromatic rings. The Bertz CT molecular complexity index is 481. The van der Waals surface area contributed by atoms with Crippen molar-refractivity contribution in [2.75, 3.05) is 31.1 Å². The molecular weight excluding hydrogens is 224 g/mol. The molecule has 0 bridgehead atoms. The van der Waals surface area contributed by atoms with Gasteiger partial charge in [-0.1, -0.05) is 30.4 Å². The molecule has 0 unspecified atom stereocenters. The minimum absolute atomic E-state index is 0.232. The Morgan fingerprint density at radius 3 is 2.89 bits per heavy atom. The van der Waals surface area contributed by atoms with E-state index >= 15 is 0 Å². The van der Waals surface area contributed by atoms with E-state index in [2.05, 4.69) is 29.2 Å². The van der Waals surface area contributed by atoms with Gasteiger partial charge in [-0.05, 0) is 24.5 Å². The first-order valence-corrected chi connectivity index (χ1v) is 6.60. The molecule has 1 aromatic carbocycles. The summed E-state index contributed by atoms with van der Waals surface area (Å²) in [6, 6.07) is 8.22. The molecule has 0 saturated carbocycles. The van der Waals surface area contributed by atoms with Crippen molar-refractivity contribution in [3.05, 3.63) is 42.0 Å². The number of benzene rings is 1. The van der Waals surface area contributed by atoms with Gasteiger partial charge in [0.15, 0.2) is 0 Å². The van der Waals surface area contributed by atoms with E-state index < -0.39 is 0 Å². The van der Waals surface area contributed by atoms with Crippen LogP contribution >= 0.6 is 0 Å². The molecule has 2 aliphatic heterocycles. The molecule has 0 radical (unpaired) electrons. The molecule has 3 rings (SSSR count). The number of rotatable bonds is 2. The summed E-state index contributed by atoms with van der Waals surface area (Å²) in [6.07, 6.45) is 6.38. The van der Waals surface area contributed by atoms with Crippen LogP contribution in [0.5, 0.6) is 0 Å². The van der Waals surface area contributed by atoms with Gasteiger partial charge in [-0.15, -0.1) is 0 Å². The van der Waals surface area contributed by atoms with Crippen LogP contribution in [-0.4, -0.2) is 37.0 Å². The highest BCUT2D eigenvalue weighted by Gasteiger charge is 2.25. The van der Waals surface area contributed by atoms with Gasteiger partial charge in [-0.2, -0.15) is 0 Å². The van der Waals surface area contributed by atoms with Crippen molar-refractivity contribution in [1.82, 2.24) is 4.90 Å². The molecule has 3 nitrogen and oxygen atoms in total. The normalized spacial score (nSPS) is 19.0. The molecule has 2 heterocycles. The maximum absolute atomic E-state index is 12.3. The monoisotopic (exact) mass is 242 g/mol. The molecule has 0 fully saturated rings. The lowest BCUT2D eigenvalue weighted by atomic mass is 10.2. The predicted octanol–water partition coefficient (Wildman–Crippen LogP) is 1.84. The highest BCUT2D eigenvalue weighted by atomic mass is 16.2. The largest absolute Gasteiger partial charge is 0.311 e. The van der Waals surface area contributed by atoms with Crippen molar-refractivity contribution in [3.63, 3.8) is 0 Å². The molecule has 0 atom stereocenters. The van der Waals surface area contributed by atoms with Crippen LogP contribution in [0.15, 0.2) is 36.4 Å². The summed E-state index contributed by atoms with van der Waals surface area (Å²) in [5.41, 5.74) is 2.40. The van der Waals surface area contributed by atoms with Crippen LogP contribution in [0.4, 0.5) is 5.69 Å². The molecule has 2 aliphatic rings. The highest BCUT2D eigenvalue weighted by molar-refractivity contribution is 5.96. The predicted molar refractivity (Wildman–Crippen MR) is 72.7 cm³/mol. The summed E-state index contributed by atoms with van der Waals surface area (Å²) in [4.78, 5) is 16.5. The van der Waals surface area contributed by atoms with Gasteiger partial charge < -0.3 is 4.90 Å². The van der Waals surface area contributed by atoms with Crippen molar-refractivity contribution in [1.29, 1.82) is 0 Å². The number of carbonyl (C=O) groups is 1.